The number of hydrogen-bond acceptors (Lipinski definition) is 4. The van der Waals surface area contributed by atoms with Gasteiger partial charge >= 0.3 is 0 Å². The Hall–Kier alpha value is -0.660. The van der Waals surface area contributed by atoms with Crippen molar-refractivity contribution < 1.29 is 13.2 Å². The van der Waals surface area contributed by atoms with Gasteiger partial charge in [0.25, 0.3) is 0 Å². The summed E-state index contributed by atoms with van der Waals surface area (Å²) in [5.41, 5.74) is 6.22. The molecule has 7 heteroatoms. The van der Waals surface area contributed by atoms with E-state index in [-0.39, 0.29) is 17.5 Å². The Kier molecular flexibility index (Phi) is 7.62. The Bertz CT molecular complexity index is 547. The van der Waals surface area contributed by atoms with E-state index in [1.54, 1.807) is 6.07 Å². The summed E-state index contributed by atoms with van der Waals surface area (Å²) in [7, 11) is -3.53. The van der Waals surface area contributed by atoms with Gasteiger partial charge in [0.2, 0.25) is 10.0 Å². The molecule has 0 spiro atoms. The van der Waals surface area contributed by atoms with Gasteiger partial charge in [-0.3, -0.25) is 0 Å². The van der Waals surface area contributed by atoms with Crippen LogP contribution in [0.1, 0.15) is 32.3 Å². The van der Waals surface area contributed by atoms with Crippen LogP contribution in [0.3, 0.4) is 0 Å². The van der Waals surface area contributed by atoms with E-state index < -0.39 is 10.0 Å². The summed E-state index contributed by atoms with van der Waals surface area (Å²) in [6, 6.07) is 4.57. The molecule has 1 aromatic carbocycles. The number of rotatable bonds is 9. The van der Waals surface area contributed by atoms with Crippen molar-refractivity contribution in [1.29, 1.82) is 0 Å². The third kappa shape index (κ3) is 6.32. The average Bonchev–Trinajstić information content (AvgIpc) is 2.42. The summed E-state index contributed by atoms with van der Waals surface area (Å²) in [6.45, 7) is 5.23. The van der Waals surface area contributed by atoms with E-state index in [9.17, 15) is 8.42 Å². The molecule has 3 N–H and O–H groups in total. The summed E-state index contributed by atoms with van der Waals surface area (Å²) >= 11 is 5.98. The lowest BCUT2D eigenvalue weighted by atomic mass is 10.2. The molecular weight excluding hydrogens is 312 g/mol. The van der Waals surface area contributed by atoms with Crippen molar-refractivity contribution in [1.82, 2.24) is 4.72 Å². The highest BCUT2D eigenvalue weighted by Crippen LogP contribution is 2.20. The number of nitrogens with one attached hydrogen (secondary N) is 1. The van der Waals surface area contributed by atoms with Crippen molar-refractivity contribution in [2.24, 2.45) is 5.73 Å². The predicted octanol–water partition coefficient (Wildman–Crippen LogP) is 2.28. The number of benzene rings is 1. The van der Waals surface area contributed by atoms with E-state index in [4.69, 9.17) is 22.1 Å². The first-order chi connectivity index (χ1) is 9.86. The van der Waals surface area contributed by atoms with Gasteiger partial charge in [0.05, 0.1) is 11.0 Å². The standard InChI is InChI=1S/C14H23ClN2O3S/c1-11(2)20-8-4-3-7-17-21(18,19)13-6-5-12(10-16)14(15)9-13/h5-6,9,11,17H,3-4,7-8,10,16H2,1-2H3. The lowest BCUT2D eigenvalue weighted by molar-refractivity contribution is 0.0762. The Morgan fingerprint density at radius 2 is 2.05 bits per heavy atom. The van der Waals surface area contributed by atoms with E-state index in [0.29, 0.717) is 18.2 Å². The molecule has 0 aliphatic carbocycles. The summed E-state index contributed by atoms with van der Waals surface area (Å²) in [5.74, 6) is 0. The molecule has 0 saturated heterocycles. The maximum atomic E-state index is 12.1. The van der Waals surface area contributed by atoms with Crippen molar-refractivity contribution >= 4 is 21.6 Å². The van der Waals surface area contributed by atoms with Gasteiger partial charge in [-0.1, -0.05) is 17.7 Å². The van der Waals surface area contributed by atoms with Crippen molar-refractivity contribution in [3.05, 3.63) is 28.8 Å². The van der Waals surface area contributed by atoms with Crippen molar-refractivity contribution in [2.45, 2.75) is 44.2 Å². The summed E-state index contributed by atoms with van der Waals surface area (Å²) in [6.07, 6.45) is 1.73. The Labute approximate surface area is 131 Å². The molecule has 0 aliphatic rings. The van der Waals surface area contributed by atoms with Crippen LogP contribution in [0.2, 0.25) is 5.02 Å². The lowest BCUT2D eigenvalue weighted by Gasteiger charge is -2.09. The van der Waals surface area contributed by atoms with E-state index >= 15 is 0 Å². The largest absolute Gasteiger partial charge is 0.379 e. The summed E-state index contributed by atoms with van der Waals surface area (Å²) < 4.78 is 32.1. The van der Waals surface area contributed by atoms with Crippen LogP contribution in [0.5, 0.6) is 0 Å². The Morgan fingerprint density at radius 1 is 1.33 bits per heavy atom. The molecule has 0 unspecified atom stereocenters. The van der Waals surface area contributed by atoms with Gasteiger partial charge in [0.1, 0.15) is 0 Å². The molecule has 0 atom stereocenters. The predicted molar refractivity (Wildman–Crippen MR) is 84.9 cm³/mol. The van der Waals surface area contributed by atoms with Crippen molar-refractivity contribution in [3.63, 3.8) is 0 Å². The maximum Gasteiger partial charge on any atom is 0.240 e. The van der Waals surface area contributed by atoms with E-state index in [2.05, 4.69) is 4.72 Å². The molecule has 1 aromatic rings. The van der Waals surface area contributed by atoms with Crippen LogP contribution in [0, 0.1) is 0 Å². The Morgan fingerprint density at radius 3 is 2.62 bits per heavy atom. The minimum atomic E-state index is -3.53. The lowest BCUT2D eigenvalue weighted by Crippen LogP contribution is -2.25. The summed E-state index contributed by atoms with van der Waals surface area (Å²) in [5, 5.41) is 0.366. The zero-order valence-corrected chi connectivity index (χ0v) is 14.0. The number of nitrogens with two attached hydrogens (primary N) is 1. The molecule has 120 valence electrons. The van der Waals surface area contributed by atoms with Gasteiger partial charge in [-0.15, -0.1) is 0 Å². The maximum absolute atomic E-state index is 12.1. The molecule has 5 nitrogen and oxygen atoms in total. The van der Waals surface area contributed by atoms with Crippen LogP contribution in [0.4, 0.5) is 0 Å². The van der Waals surface area contributed by atoms with Crippen LogP contribution in [0.15, 0.2) is 23.1 Å². The van der Waals surface area contributed by atoms with E-state index in [1.807, 2.05) is 13.8 Å². The molecular formula is C14H23ClN2O3S. The normalized spacial score (nSPS) is 12.0. The fourth-order valence-electron chi connectivity index (χ4n) is 1.70. The fourth-order valence-corrected chi connectivity index (χ4v) is 3.12. The second-order valence-electron chi connectivity index (χ2n) is 4.98. The summed E-state index contributed by atoms with van der Waals surface area (Å²) in [4.78, 5) is 0.156. The first-order valence-corrected chi connectivity index (χ1v) is 8.82. The first kappa shape index (κ1) is 18.4. The topological polar surface area (TPSA) is 81.4 Å². The highest BCUT2D eigenvalue weighted by atomic mass is 35.5. The zero-order chi connectivity index (χ0) is 15.9. The quantitative estimate of drug-likeness (QED) is 0.679. The Balaban J connectivity index is 2.48. The van der Waals surface area contributed by atoms with Gasteiger partial charge in [0.15, 0.2) is 0 Å². The number of sulfonamides is 1. The number of unbranched alkanes of at least 4 members (excludes halogenated alkanes) is 1. The van der Waals surface area contributed by atoms with Crippen LogP contribution in [-0.2, 0) is 21.3 Å². The van der Waals surface area contributed by atoms with Crippen LogP contribution in [0.25, 0.3) is 0 Å². The van der Waals surface area contributed by atoms with Gasteiger partial charge in [-0.05, 0) is 44.4 Å². The first-order valence-electron chi connectivity index (χ1n) is 6.96. The van der Waals surface area contributed by atoms with Crippen LogP contribution in [-0.4, -0.2) is 27.7 Å². The molecule has 21 heavy (non-hydrogen) atoms. The fraction of sp³-hybridized carbons (Fsp3) is 0.571. The van der Waals surface area contributed by atoms with Crippen molar-refractivity contribution in [3.8, 4) is 0 Å². The van der Waals surface area contributed by atoms with E-state index in [1.165, 1.54) is 12.1 Å². The third-order valence-corrected chi connectivity index (χ3v) is 4.68. The molecule has 0 amide bonds. The van der Waals surface area contributed by atoms with Crippen LogP contribution < -0.4 is 10.5 Å². The average molecular weight is 335 g/mol. The molecule has 0 saturated carbocycles. The number of halogens is 1. The second-order valence-corrected chi connectivity index (χ2v) is 7.16. The van der Waals surface area contributed by atoms with Gasteiger partial charge in [-0.25, -0.2) is 13.1 Å². The molecule has 0 aliphatic heterocycles. The molecule has 0 fully saturated rings. The van der Waals surface area contributed by atoms with Gasteiger partial charge in [-0.2, -0.15) is 0 Å². The highest BCUT2D eigenvalue weighted by Gasteiger charge is 2.14. The van der Waals surface area contributed by atoms with E-state index in [0.717, 1.165) is 18.4 Å². The molecule has 0 heterocycles. The molecule has 1 rings (SSSR count). The van der Waals surface area contributed by atoms with Crippen LogP contribution >= 0.6 is 11.6 Å². The monoisotopic (exact) mass is 334 g/mol. The van der Waals surface area contributed by atoms with Gasteiger partial charge < -0.3 is 10.5 Å². The smallest absolute Gasteiger partial charge is 0.240 e. The molecule has 0 radical (unpaired) electrons. The third-order valence-electron chi connectivity index (χ3n) is 2.87. The minimum absolute atomic E-state index is 0.156. The minimum Gasteiger partial charge on any atom is -0.379 e. The second kappa shape index (κ2) is 8.70. The van der Waals surface area contributed by atoms with Gasteiger partial charge in [0, 0.05) is 24.7 Å². The highest BCUT2D eigenvalue weighted by molar-refractivity contribution is 7.89. The molecule has 0 aromatic heterocycles. The number of ether oxygens (including phenoxy) is 1. The zero-order valence-electron chi connectivity index (χ0n) is 12.4. The number of hydrogen-bond donors (Lipinski definition) is 2. The molecule has 0 bridgehead atoms. The SMILES string of the molecule is CC(C)OCCCCNS(=O)(=O)c1ccc(CN)c(Cl)c1. The van der Waals surface area contributed by atoms with Crippen molar-refractivity contribution in [2.75, 3.05) is 13.2 Å².